The SMILES string of the molecule is CCC1C#CC2C=C3CCc4cc(O)c(OCCC(Cc5ccc[nH]5)c5ccnc(N)c5)cc4C3CC(O)C2C(O)CCCC1. The predicted molar refractivity (Wildman–Crippen MR) is 177 cm³/mol. The van der Waals surface area contributed by atoms with Gasteiger partial charge in [-0.05, 0) is 110 Å². The number of pyridine rings is 1. The number of aliphatic hydroxyl groups is 2. The first-order valence-corrected chi connectivity index (χ1v) is 16.8. The number of aromatic amines is 1. The van der Waals surface area contributed by atoms with Gasteiger partial charge in [-0.25, -0.2) is 4.98 Å². The Morgan fingerprint density at radius 3 is 2.76 bits per heavy atom. The fourth-order valence-electron chi connectivity index (χ4n) is 7.73. The number of aliphatic hydroxyl groups excluding tert-OH is 2. The topological polar surface area (TPSA) is 125 Å². The molecule has 45 heavy (non-hydrogen) atoms. The maximum atomic E-state index is 11.6. The lowest BCUT2D eigenvalue weighted by Crippen LogP contribution is -2.37. The number of hydrogen-bond donors (Lipinski definition) is 5. The van der Waals surface area contributed by atoms with Gasteiger partial charge in [0.2, 0.25) is 0 Å². The molecule has 7 nitrogen and oxygen atoms in total. The van der Waals surface area contributed by atoms with E-state index < -0.39 is 12.2 Å². The molecule has 0 bridgehead atoms. The number of fused-ring (bicyclic) bond motifs is 4. The normalized spacial score (nSPS) is 27.0. The molecule has 0 radical (unpaired) electrons. The quantitative estimate of drug-likeness (QED) is 0.149. The second-order valence-corrected chi connectivity index (χ2v) is 13.2. The molecule has 2 aromatic heterocycles. The number of anilines is 1. The summed E-state index contributed by atoms with van der Waals surface area (Å²) in [5.74, 6) is 8.18. The number of ether oxygens (including phenoxy) is 1. The molecule has 0 fully saturated rings. The Morgan fingerprint density at radius 2 is 1.96 bits per heavy atom. The van der Waals surface area contributed by atoms with E-state index in [1.165, 1.54) is 5.57 Å². The average molecular weight is 610 g/mol. The number of nitrogen functional groups attached to an aromatic ring is 1. The summed E-state index contributed by atoms with van der Waals surface area (Å²) in [5.41, 5.74) is 11.7. The van der Waals surface area contributed by atoms with Crippen LogP contribution in [0.5, 0.6) is 11.5 Å². The van der Waals surface area contributed by atoms with Crippen LogP contribution >= 0.6 is 0 Å². The minimum atomic E-state index is -0.678. The number of aromatic hydroxyl groups is 1. The molecule has 7 unspecified atom stereocenters. The molecule has 7 heteroatoms. The summed E-state index contributed by atoms with van der Waals surface area (Å²) in [6, 6.07) is 11.8. The van der Waals surface area contributed by atoms with Crippen molar-refractivity contribution in [3.63, 3.8) is 0 Å². The van der Waals surface area contributed by atoms with E-state index in [1.807, 2.05) is 36.5 Å². The van der Waals surface area contributed by atoms with Crippen molar-refractivity contribution in [2.75, 3.05) is 12.3 Å². The van der Waals surface area contributed by atoms with Crippen LogP contribution in [0.25, 0.3) is 0 Å². The highest BCUT2D eigenvalue weighted by atomic mass is 16.5. The number of rotatable bonds is 8. The number of aromatic nitrogens is 2. The van der Waals surface area contributed by atoms with Crippen molar-refractivity contribution in [1.82, 2.24) is 9.97 Å². The second-order valence-electron chi connectivity index (χ2n) is 13.2. The number of nitrogens with two attached hydrogens (primary N) is 1. The minimum Gasteiger partial charge on any atom is -0.504 e. The molecule has 6 N–H and O–H groups in total. The zero-order valence-corrected chi connectivity index (χ0v) is 26.3. The predicted octanol–water partition coefficient (Wildman–Crippen LogP) is 6.41. The van der Waals surface area contributed by atoms with Gasteiger partial charge in [0.25, 0.3) is 0 Å². The van der Waals surface area contributed by atoms with Gasteiger partial charge < -0.3 is 30.8 Å². The summed E-state index contributed by atoms with van der Waals surface area (Å²) < 4.78 is 6.29. The van der Waals surface area contributed by atoms with Crippen LogP contribution in [0.3, 0.4) is 0 Å². The highest BCUT2D eigenvalue weighted by Gasteiger charge is 2.40. The molecule has 3 aliphatic rings. The van der Waals surface area contributed by atoms with E-state index in [2.05, 4.69) is 40.9 Å². The van der Waals surface area contributed by atoms with Crippen molar-refractivity contribution in [3.8, 4) is 23.3 Å². The first-order chi connectivity index (χ1) is 21.9. The van der Waals surface area contributed by atoms with E-state index in [4.69, 9.17) is 10.5 Å². The molecule has 6 rings (SSSR count). The van der Waals surface area contributed by atoms with Gasteiger partial charge in [-0.15, -0.1) is 0 Å². The van der Waals surface area contributed by atoms with Crippen LogP contribution in [0.4, 0.5) is 5.82 Å². The summed E-state index contributed by atoms with van der Waals surface area (Å²) in [7, 11) is 0. The van der Waals surface area contributed by atoms with Gasteiger partial charge in [-0.1, -0.05) is 43.3 Å². The Bertz CT molecular complexity index is 1540. The third-order valence-corrected chi connectivity index (χ3v) is 10.3. The van der Waals surface area contributed by atoms with Crippen LogP contribution in [0.1, 0.15) is 92.5 Å². The van der Waals surface area contributed by atoms with Crippen LogP contribution in [0.2, 0.25) is 0 Å². The molecule has 0 saturated carbocycles. The van der Waals surface area contributed by atoms with Gasteiger partial charge >= 0.3 is 0 Å². The molecule has 7 atom stereocenters. The molecule has 238 valence electrons. The van der Waals surface area contributed by atoms with Gasteiger partial charge in [0.15, 0.2) is 11.5 Å². The summed E-state index contributed by atoms with van der Waals surface area (Å²) >= 11 is 0. The number of nitrogens with one attached hydrogen (secondary N) is 1. The van der Waals surface area contributed by atoms with Crippen molar-refractivity contribution in [2.24, 2.45) is 17.8 Å². The van der Waals surface area contributed by atoms with Gasteiger partial charge in [-0.3, -0.25) is 0 Å². The van der Waals surface area contributed by atoms with Crippen molar-refractivity contribution in [3.05, 3.63) is 82.8 Å². The van der Waals surface area contributed by atoms with Crippen LogP contribution in [0.15, 0.2) is 60.4 Å². The fraction of sp³-hybridized carbons (Fsp3) is 0.500. The summed E-state index contributed by atoms with van der Waals surface area (Å²) in [6.45, 7) is 2.61. The number of hydrogen-bond acceptors (Lipinski definition) is 6. The zero-order valence-electron chi connectivity index (χ0n) is 26.3. The number of phenols is 1. The van der Waals surface area contributed by atoms with Crippen molar-refractivity contribution < 1.29 is 20.1 Å². The Kier molecular flexibility index (Phi) is 9.82. The van der Waals surface area contributed by atoms with Crippen molar-refractivity contribution in [1.29, 1.82) is 0 Å². The lowest BCUT2D eigenvalue weighted by Gasteiger charge is -2.32. The van der Waals surface area contributed by atoms with Gasteiger partial charge in [0.05, 0.1) is 18.8 Å². The molecular formula is C38H47N3O4. The summed E-state index contributed by atoms with van der Waals surface area (Å²) in [5, 5.41) is 33.9. The molecular weight excluding hydrogens is 562 g/mol. The molecule has 3 aromatic rings. The van der Waals surface area contributed by atoms with Gasteiger partial charge in [0.1, 0.15) is 5.82 Å². The van der Waals surface area contributed by atoms with Crippen molar-refractivity contribution in [2.45, 2.75) is 95.2 Å². The lowest BCUT2D eigenvalue weighted by molar-refractivity contribution is -0.00724. The van der Waals surface area contributed by atoms with Crippen molar-refractivity contribution >= 4 is 5.82 Å². The fourth-order valence-corrected chi connectivity index (χ4v) is 7.73. The van der Waals surface area contributed by atoms with Crippen LogP contribution in [-0.2, 0) is 12.8 Å². The first kappa shape index (κ1) is 31.3. The van der Waals surface area contributed by atoms with Gasteiger partial charge in [-0.2, -0.15) is 0 Å². The second kappa shape index (κ2) is 14.1. The maximum absolute atomic E-state index is 11.6. The molecule has 0 aliphatic heterocycles. The summed E-state index contributed by atoms with van der Waals surface area (Å²) in [6.07, 6.45) is 13.2. The molecule has 2 heterocycles. The van der Waals surface area contributed by atoms with E-state index >= 15 is 0 Å². The average Bonchev–Trinajstić information content (AvgIpc) is 3.49. The Morgan fingerprint density at radius 1 is 1.09 bits per heavy atom. The highest BCUT2D eigenvalue weighted by molar-refractivity contribution is 5.52. The van der Waals surface area contributed by atoms with E-state index in [0.717, 1.165) is 73.8 Å². The van der Waals surface area contributed by atoms with Crippen LogP contribution in [0, 0.1) is 29.6 Å². The third kappa shape index (κ3) is 7.24. The number of allylic oxidation sites excluding steroid dienone is 2. The van der Waals surface area contributed by atoms with E-state index in [1.54, 1.807) is 6.20 Å². The number of nitrogens with zero attached hydrogens (tertiary/aromatic N) is 1. The molecule has 0 spiro atoms. The monoisotopic (exact) mass is 609 g/mol. The van der Waals surface area contributed by atoms with E-state index in [0.29, 0.717) is 36.9 Å². The zero-order chi connectivity index (χ0) is 31.3. The Labute approximate surface area is 266 Å². The van der Waals surface area contributed by atoms with Crippen LogP contribution < -0.4 is 10.5 Å². The standard InChI is InChI=1S/C38H47N3O4/c1-2-24-6-3-4-8-33(42)38-29(10-9-24)18-27-11-12-28-20-34(43)36(23-32(28)31(27)22-35(38)44)45-17-14-26(19-30-7-5-15-40-30)25-13-16-41-37(39)21-25/h5,7,13,15-16,18,20-21,23-24,26,29,31,33,35,38,40,42-44H,2-4,6,8,11-12,14,17,19,22H2,1H3,(H2,39,41). The molecule has 3 aliphatic carbocycles. The summed E-state index contributed by atoms with van der Waals surface area (Å²) in [4.78, 5) is 7.46. The van der Waals surface area contributed by atoms with Gasteiger partial charge in [0, 0.05) is 41.8 Å². The van der Waals surface area contributed by atoms with E-state index in [-0.39, 0.29) is 29.4 Å². The molecule has 1 aromatic carbocycles. The third-order valence-electron chi connectivity index (χ3n) is 10.3. The number of H-pyrrole nitrogens is 1. The Hall–Kier alpha value is -3.73. The smallest absolute Gasteiger partial charge is 0.161 e. The largest absolute Gasteiger partial charge is 0.504 e. The minimum absolute atomic E-state index is 0.000667. The lowest BCUT2D eigenvalue weighted by atomic mass is 9.76. The highest BCUT2D eigenvalue weighted by Crippen LogP contribution is 2.47. The molecule has 0 saturated heterocycles. The number of benzene rings is 1. The molecule has 0 amide bonds. The number of aryl methyl sites for hydroxylation is 1. The first-order valence-electron chi connectivity index (χ1n) is 16.8. The van der Waals surface area contributed by atoms with E-state index in [9.17, 15) is 15.3 Å². The number of phenolic OH excluding ortho intramolecular Hbond substituents is 1. The van der Waals surface area contributed by atoms with Crippen LogP contribution in [-0.4, -0.2) is 44.1 Å². The maximum Gasteiger partial charge on any atom is 0.161 e. The Balaban J connectivity index is 1.23.